The fraction of sp³-hybridized carbons (Fsp3) is 0.333. The van der Waals surface area contributed by atoms with Gasteiger partial charge in [-0.05, 0) is 13.0 Å². The number of aromatic nitrogens is 2. The molecule has 3 nitrogen and oxygen atoms in total. The van der Waals surface area contributed by atoms with Crippen LogP contribution in [-0.2, 0) is 0 Å². The van der Waals surface area contributed by atoms with Gasteiger partial charge in [0, 0.05) is 12.6 Å². The van der Waals surface area contributed by atoms with E-state index in [-0.39, 0.29) is 0 Å². The fourth-order valence-electron chi connectivity index (χ4n) is 0.595. The molecule has 0 unspecified atom stereocenters. The Kier molecular flexibility index (Phi) is 2.45. The molecule has 4 heteroatoms. The number of hydrogen-bond donors (Lipinski definition) is 1. The first-order chi connectivity index (χ1) is 4.83. The Morgan fingerprint density at radius 3 is 2.80 bits per heavy atom. The monoisotopic (exact) mass is 158 g/mol. The molecular formula is C6H9ClN3+. The van der Waals surface area contributed by atoms with E-state index in [4.69, 9.17) is 11.6 Å². The number of rotatable bonds is 2. The average molecular weight is 159 g/mol. The summed E-state index contributed by atoms with van der Waals surface area (Å²) in [5.74, 6) is 0.774. The van der Waals surface area contributed by atoms with Crippen molar-refractivity contribution in [3.8, 4) is 0 Å². The van der Waals surface area contributed by atoms with Gasteiger partial charge in [0.2, 0.25) is 0 Å². The molecule has 0 atom stereocenters. The highest BCUT2D eigenvalue weighted by atomic mass is 35.5. The number of nitrogens with zero attached hydrogens (tertiary/aromatic N) is 2. The smallest absolute Gasteiger partial charge is 0.336 e. The zero-order chi connectivity index (χ0) is 7.40. The van der Waals surface area contributed by atoms with Crippen LogP contribution < -0.4 is 5.32 Å². The van der Waals surface area contributed by atoms with Gasteiger partial charge < -0.3 is 5.32 Å². The molecular weight excluding hydrogens is 150 g/mol. The van der Waals surface area contributed by atoms with Crippen LogP contribution in [0.25, 0.3) is 0 Å². The molecule has 1 aromatic rings. The number of hydrogen-bond acceptors (Lipinski definition) is 3. The van der Waals surface area contributed by atoms with Gasteiger partial charge in [-0.15, -0.1) is 5.10 Å². The van der Waals surface area contributed by atoms with E-state index in [1.807, 2.05) is 13.0 Å². The van der Waals surface area contributed by atoms with Crippen LogP contribution in [0.2, 0.25) is 5.15 Å². The van der Waals surface area contributed by atoms with E-state index >= 15 is 0 Å². The maximum atomic E-state index is 4.75. The first-order valence-corrected chi connectivity index (χ1v) is 3.48. The van der Waals surface area contributed by atoms with E-state index in [0.717, 1.165) is 12.4 Å². The number of halogens is 1. The maximum Gasteiger partial charge on any atom is 0.336 e. The van der Waals surface area contributed by atoms with Crippen LogP contribution >= 0.6 is 0 Å². The van der Waals surface area contributed by atoms with Crippen molar-refractivity contribution < 1.29 is 11.6 Å². The predicted octanol–water partition coefficient (Wildman–Crippen LogP) is 0.605. The van der Waals surface area contributed by atoms with E-state index in [0.29, 0.717) is 5.15 Å². The first-order valence-electron chi connectivity index (χ1n) is 3.07. The van der Waals surface area contributed by atoms with Crippen LogP contribution in [0.4, 0.5) is 5.82 Å². The molecule has 0 aliphatic carbocycles. The Bertz CT molecular complexity index is 197. The lowest BCUT2D eigenvalue weighted by Gasteiger charge is -1.96. The van der Waals surface area contributed by atoms with E-state index in [2.05, 4.69) is 15.5 Å². The van der Waals surface area contributed by atoms with Gasteiger partial charge in [0.05, 0.1) is 0 Å². The Morgan fingerprint density at radius 2 is 2.30 bits per heavy atom. The molecule has 1 N–H and O–H groups in total. The Hall–Kier alpha value is -0.830. The molecule has 0 aromatic carbocycles. The highest BCUT2D eigenvalue weighted by Gasteiger charge is 1.96. The van der Waals surface area contributed by atoms with Gasteiger partial charge in [0.1, 0.15) is 5.82 Å². The normalized spacial score (nSPS) is 9.40. The third kappa shape index (κ3) is 1.84. The summed E-state index contributed by atoms with van der Waals surface area (Å²) in [5, 5.41) is 11.0. The fourth-order valence-corrected chi connectivity index (χ4v) is 0.704. The van der Waals surface area contributed by atoms with Crippen molar-refractivity contribution in [1.82, 2.24) is 10.2 Å². The van der Waals surface area contributed by atoms with Crippen molar-refractivity contribution >= 4 is 5.82 Å². The van der Waals surface area contributed by atoms with E-state index in [1.54, 1.807) is 6.07 Å². The molecule has 1 rings (SSSR count). The largest absolute Gasteiger partial charge is 0.369 e. The number of nitrogens with one attached hydrogen (secondary N) is 1. The van der Waals surface area contributed by atoms with Crippen LogP contribution in [0, 0.1) is 11.6 Å². The second kappa shape index (κ2) is 3.37. The van der Waals surface area contributed by atoms with Crippen LogP contribution in [0.1, 0.15) is 6.92 Å². The molecule has 0 aliphatic rings. The van der Waals surface area contributed by atoms with Crippen molar-refractivity contribution in [2.24, 2.45) is 0 Å². The van der Waals surface area contributed by atoms with Crippen LogP contribution in [-0.4, -0.2) is 16.7 Å². The second-order valence-electron chi connectivity index (χ2n) is 1.79. The first kappa shape index (κ1) is 7.28. The lowest BCUT2D eigenvalue weighted by molar-refractivity contribution is -0.297. The van der Waals surface area contributed by atoms with Crippen LogP contribution in [0.5, 0.6) is 0 Å². The lowest BCUT2D eigenvalue weighted by atomic mass is 10.5. The summed E-state index contributed by atoms with van der Waals surface area (Å²) in [6.45, 7) is 2.86. The molecule has 0 saturated carbocycles. The summed E-state index contributed by atoms with van der Waals surface area (Å²) in [6, 6.07) is 3.57. The van der Waals surface area contributed by atoms with Crippen LogP contribution in [0.3, 0.4) is 0 Å². The van der Waals surface area contributed by atoms with Gasteiger partial charge >= 0.3 is 5.15 Å². The molecule has 0 saturated heterocycles. The van der Waals surface area contributed by atoms with Gasteiger partial charge in [-0.25, -0.2) is 0 Å². The second-order valence-corrected chi connectivity index (χ2v) is 2.21. The average Bonchev–Trinajstić information content (AvgIpc) is 1.95. The SMILES string of the molecule is CCNc1ccc([ClH+])nn1. The molecule has 0 bridgehead atoms. The molecule has 0 spiro atoms. The third-order valence-corrected chi connectivity index (χ3v) is 1.22. The van der Waals surface area contributed by atoms with Crippen LogP contribution in [0.15, 0.2) is 12.1 Å². The van der Waals surface area contributed by atoms with Gasteiger partial charge in [-0.1, -0.05) is 5.10 Å². The predicted molar refractivity (Wildman–Crippen MR) is 36.7 cm³/mol. The van der Waals surface area contributed by atoms with Crippen molar-refractivity contribution in [1.29, 1.82) is 0 Å². The van der Waals surface area contributed by atoms with Crippen molar-refractivity contribution in [3.05, 3.63) is 17.3 Å². The number of anilines is 1. The molecule has 1 heterocycles. The summed E-state index contributed by atoms with van der Waals surface area (Å²) in [7, 11) is 0. The minimum Gasteiger partial charge on any atom is -0.369 e. The van der Waals surface area contributed by atoms with Crippen molar-refractivity contribution in [3.63, 3.8) is 0 Å². The molecule has 0 fully saturated rings. The van der Waals surface area contributed by atoms with E-state index < -0.39 is 0 Å². The van der Waals surface area contributed by atoms with E-state index in [1.165, 1.54) is 0 Å². The summed E-state index contributed by atoms with van der Waals surface area (Å²) >= 11 is 4.75. The molecule has 1 aromatic heterocycles. The quantitative estimate of drug-likeness (QED) is 0.685. The van der Waals surface area contributed by atoms with Gasteiger partial charge in [-0.3, -0.25) is 0 Å². The zero-order valence-corrected chi connectivity index (χ0v) is 6.48. The van der Waals surface area contributed by atoms with E-state index in [9.17, 15) is 0 Å². The summed E-state index contributed by atoms with van der Waals surface area (Å²) in [5.41, 5.74) is 0. The zero-order valence-electron chi connectivity index (χ0n) is 5.66. The Morgan fingerprint density at radius 1 is 1.50 bits per heavy atom. The summed E-state index contributed by atoms with van der Waals surface area (Å²) < 4.78 is 0. The van der Waals surface area contributed by atoms with Gasteiger partial charge in [0.25, 0.3) is 0 Å². The van der Waals surface area contributed by atoms with Crippen molar-refractivity contribution in [2.45, 2.75) is 6.92 Å². The minimum atomic E-state index is 0.529. The third-order valence-electron chi connectivity index (χ3n) is 0.998. The van der Waals surface area contributed by atoms with Crippen molar-refractivity contribution in [2.75, 3.05) is 11.9 Å². The maximum absolute atomic E-state index is 4.75. The topological polar surface area (TPSA) is 37.8 Å². The standard InChI is InChI=1S/C6H9ClN3/c1-2-8-6-4-3-5(7)9-10-6/h3-4,7H,2H2,1H3,(H,8,10)/q+1. The highest BCUT2D eigenvalue weighted by molar-refractivity contribution is 5.31. The highest BCUT2D eigenvalue weighted by Crippen LogP contribution is 2.00. The summed E-state index contributed by atoms with van der Waals surface area (Å²) in [4.78, 5) is 0. The Balaban J connectivity index is 2.69. The molecule has 10 heavy (non-hydrogen) atoms. The molecule has 54 valence electrons. The van der Waals surface area contributed by atoms with Gasteiger partial charge in [0.15, 0.2) is 11.6 Å². The minimum absolute atomic E-state index is 0.529. The molecule has 0 amide bonds. The van der Waals surface area contributed by atoms with Gasteiger partial charge in [-0.2, -0.15) is 0 Å². The summed E-state index contributed by atoms with van der Waals surface area (Å²) in [6.07, 6.45) is 0. The lowest BCUT2D eigenvalue weighted by Crippen LogP contribution is -1.99. The molecule has 0 radical (unpaired) electrons. The Labute approximate surface area is 64.4 Å². The molecule has 0 aliphatic heterocycles.